The molecule has 0 amide bonds. The maximum Gasteiger partial charge on any atom is 0.244 e. The zero-order chi connectivity index (χ0) is 13.3. The Balaban J connectivity index is 0.00000180. The molecule has 1 saturated heterocycles. The number of aryl methyl sites for hydroxylation is 1. The number of nitrogens with one attached hydrogen (secondary N) is 1. The van der Waals surface area contributed by atoms with Crippen molar-refractivity contribution in [3.63, 3.8) is 0 Å². The van der Waals surface area contributed by atoms with E-state index in [1.54, 1.807) is 32.2 Å². The summed E-state index contributed by atoms with van der Waals surface area (Å²) in [5.74, 6) is 0. The zero-order valence-electron chi connectivity index (χ0n) is 10.9. The van der Waals surface area contributed by atoms with Gasteiger partial charge < -0.3 is 5.32 Å². The van der Waals surface area contributed by atoms with Gasteiger partial charge in [-0.05, 0) is 31.5 Å². The molecule has 1 N–H and O–H groups in total. The Kier molecular flexibility index (Phi) is 5.65. The molecule has 1 unspecified atom stereocenters. The topological polar surface area (TPSA) is 49.4 Å². The Bertz CT molecular complexity index is 543. The quantitative estimate of drug-likeness (QED) is 0.925. The third-order valence-corrected chi connectivity index (χ3v) is 5.93. The summed E-state index contributed by atoms with van der Waals surface area (Å²) in [7, 11) is -1.90. The number of likely N-dealkylation sites (N-methyl/N-ethyl adjacent to an activating group) is 1. The number of nitrogens with zero attached hydrogens (tertiary/aromatic N) is 1. The van der Waals surface area contributed by atoms with Crippen molar-refractivity contribution in [3.05, 3.63) is 28.8 Å². The molecule has 19 heavy (non-hydrogen) atoms. The molecule has 0 aliphatic carbocycles. The summed E-state index contributed by atoms with van der Waals surface area (Å²) in [5.41, 5.74) is 0.774. The highest BCUT2D eigenvalue weighted by molar-refractivity contribution is 7.89. The van der Waals surface area contributed by atoms with Gasteiger partial charge in [-0.2, -0.15) is 4.31 Å². The van der Waals surface area contributed by atoms with Gasteiger partial charge >= 0.3 is 0 Å². The lowest BCUT2D eigenvalue weighted by atomic mass is 10.2. The first-order valence-electron chi connectivity index (χ1n) is 5.88. The van der Waals surface area contributed by atoms with E-state index in [2.05, 4.69) is 5.32 Å². The van der Waals surface area contributed by atoms with Crippen LogP contribution in [0.2, 0.25) is 5.02 Å². The van der Waals surface area contributed by atoms with Crippen LogP contribution in [0.3, 0.4) is 0 Å². The molecule has 4 nitrogen and oxygen atoms in total. The molecule has 1 fully saturated rings. The molecule has 0 aromatic heterocycles. The Morgan fingerprint density at radius 1 is 1.42 bits per heavy atom. The molecule has 1 aromatic rings. The SMILES string of the molecule is Cc1cccc(S(=O)(=O)N(C)C2CCNC2)c1Cl.Cl. The van der Waals surface area contributed by atoms with Crippen LogP contribution in [0, 0.1) is 6.92 Å². The van der Waals surface area contributed by atoms with E-state index in [0.29, 0.717) is 11.6 Å². The molecular formula is C12H18Cl2N2O2S. The molecule has 0 saturated carbocycles. The van der Waals surface area contributed by atoms with E-state index < -0.39 is 10.0 Å². The average Bonchev–Trinajstić information content (AvgIpc) is 2.85. The standard InChI is InChI=1S/C12H17ClN2O2S.ClH/c1-9-4-3-5-11(12(9)13)18(16,17)15(2)10-6-7-14-8-10;/h3-5,10,14H,6-8H2,1-2H3;1H. The van der Waals surface area contributed by atoms with Crippen LogP contribution >= 0.6 is 24.0 Å². The second-order valence-electron chi connectivity index (χ2n) is 4.55. The molecule has 1 heterocycles. The van der Waals surface area contributed by atoms with Crippen molar-refractivity contribution in [2.45, 2.75) is 24.3 Å². The number of hydrogen-bond donors (Lipinski definition) is 1. The number of halogens is 2. The van der Waals surface area contributed by atoms with Crippen LogP contribution in [-0.2, 0) is 10.0 Å². The van der Waals surface area contributed by atoms with Gasteiger partial charge in [-0.3, -0.25) is 0 Å². The first kappa shape index (κ1) is 16.7. The summed E-state index contributed by atoms with van der Waals surface area (Å²) in [6, 6.07) is 5.09. The van der Waals surface area contributed by atoms with E-state index in [-0.39, 0.29) is 23.3 Å². The number of sulfonamides is 1. The van der Waals surface area contributed by atoms with Crippen molar-refractivity contribution in [2.75, 3.05) is 20.1 Å². The van der Waals surface area contributed by atoms with Crippen LogP contribution in [0.15, 0.2) is 23.1 Å². The van der Waals surface area contributed by atoms with Crippen molar-refractivity contribution >= 4 is 34.0 Å². The van der Waals surface area contributed by atoms with Crippen molar-refractivity contribution < 1.29 is 8.42 Å². The van der Waals surface area contributed by atoms with Crippen LogP contribution in [0.25, 0.3) is 0 Å². The highest BCUT2D eigenvalue weighted by atomic mass is 35.5. The minimum atomic E-state index is -3.51. The lowest BCUT2D eigenvalue weighted by molar-refractivity contribution is 0.388. The fourth-order valence-electron chi connectivity index (χ4n) is 2.12. The molecule has 0 radical (unpaired) electrons. The fourth-order valence-corrected chi connectivity index (χ4v) is 4.06. The highest BCUT2D eigenvalue weighted by Gasteiger charge is 2.31. The third-order valence-electron chi connectivity index (χ3n) is 3.36. The maximum atomic E-state index is 12.5. The molecule has 108 valence electrons. The summed E-state index contributed by atoms with van der Waals surface area (Å²) in [4.78, 5) is 0.193. The van der Waals surface area contributed by atoms with Crippen molar-refractivity contribution in [1.82, 2.24) is 9.62 Å². The zero-order valence-corrected chi connectivity index (χ0v) is 13.3. The first-order valence-corrected chi connectivity index (χ1v) is 7.70. The minimum absolute atomic E-state index is 0. The van der Waals surface area contributed by atoms with Gasteiger partial charge in [0.05, 0.1) is 5.02 Å². The molecule has 2 rings (SSSR count). The molecule has 1 aliphatic rings. The Morgan fingerprint density at radius 2 is 2.11 bits per heavy atom. The van der Waals surface area contributed by atoms with E-state index in [0.717, 1.165) is 18.5 Å². The van der Waals surface area contributed by atoms with Crippen LogP contribution in [0.4, 0.5) is 0 Å². The second kappa shape index (κ2) is 6.41. The van der Waals surface area contributed by atoms with Gasteiger partial charge in [0.25, 0.3) is 0 Å². The summed E-state index contributed by atoms with van der Waals surface area (Å²) < 4.78 is 26.4. The molecule has 1 aromatic carbocycles. The smallest absolute Gasteiger partial charge is 0.244 e. The summed E-state index contributed by atoms with van der Waals surface area (Å²) >= 11 is 6.11. The molecule has 0 bridgehead atoms. The summed E-state index contributed by atoms with van der Waals surface area (Å²) in [5, 5.41) is 3.48. The Morgan fingerprint density at radius 3 is 2.68 bits per heavy atom. The highest BCUT2D eigenvalue weighted by Crippen LogP contribution is 2.28. The van der Waals surface area contributed by atoms with E-state index in [9.17, 15) is 8.42 Å². The summed E-state index contributed by atoms with van der Waals surface area (Å²) in [6.07, 6.45) is 0.833. The van der Waals surface area contributed by atoms with Gasteiger partial charge in [0, 0.05) is 19.6 Å². The molecule has 1 atom stereocenters. The Hall–Kier alpha value is -0.330. The predicted octanol–water partition coefficient (Wildman–Crippen LogP) is 2.05. The van der Waals surface area contributed by atoms with Crippen LogP contribution < -0.4 is 5.32 Å². The lowest BCUT2D eigenvalue weighted by Crippen LogP contribution is -2.38. The fraction of sp³-hybridized carbons (Fsp3) is 0.500. The average molecular weight is 325 g/mol. The predicted molar refractivity (Wildman–Crippen MR) is 79.7 cm³/mol. The monoisotopic (exact) mass is 324 g/mol. The molecular weight excluding hydrogens is 307 g/mol. The van der Waals surface area contributed by atoms with Crippen LogP contribution in [-0.4, -0.2) is 38.9 Å². The van der Waals surface area contributed by atoms with Crippen LogP contribution in [0.5, 0.6) is 0 Å². The van der Waals surface area contributed by atoms with Gasteiger partial charge in [0.15, 0.2) is 0 Å². The second-order valence-corrected chi connectivity index (χ2v) is 6.90. The Labute approximate surface area is 125 Å². The largest absolute Gasteiger partial charge is 0.315 e. The van der Waals surface area contributed by atoms with Crippen molar-refractivity contribution in [3.8, 4) is 0 Å². The van der Waals surface area contributed by atoms with E-state index in [1.807, 2.05) is 0 Å². The van der Waals surface area contributed by atoms with Crippen molar-refractivity contribution in [2.24, 2.45) is 0 Å². The van der Waals surface area contributed by atoms with Gasteiger partial charge in [-0.1, -0.05) is 23.7 Å². The minimum Gasteiger partial charge on any atom is -0.315 e. The van der Waals surface area contributed by atoms with Crippen LogP contribution in [0.1, 0.15) is 12.0 Å². The molecule has 1 aliphatic heterocycles. The number of hydrogen-bond acceptors (Lipinski definition) is 3. The summed E-state index contributed by atoms with van der Waals surface area (Å²) in [6.45, 7) is 3.35. The lowest BCUT2D eigenvalue weighted by Gasteiger charge is -2.23. The van der Waals surface area contributed by atoms with Gasteiger partial charge in [-0.15, -0.1) is 12.4 Å². The van der Waals surface area contributed by atoms with Gasteiger partial charge in [0.2, 0.25) is 10.0 Å². The molecule has 0 spiro atoms. The maximum absolute atomic E-state index is 12.5. The van der Waals surface area contributed by atoms with E-state index >= 15 is 0 Å². The van der Waals surface area contributed by atoms with E-state index in [1.165, 1.54) is 4.31 Å². The van der Waals surface area contributed by atoms with E-state index in [4.69, 9.17) is 11.6 Å². The normalized spacial score (nSPS) is 19.5. The number of rotatable bonds is 3. The van der Waals surface area contributed by atoms with Gasteiger partial charge in [-0.25, -0.2) is 8.42 Å². The third kappa shape index (κ3) is 3.23. The van der Waals surface area contributed by atoms with Crippen molar-refractivity contribution in [1.29, 1.82) is 0 Å². The van der Waals surface area contributed by atoms with Gasteiger partial charge in [0.1, 0.15) is 4.90 Å². The first-order chi connectivity index (χ1) is 8.44. The number of benzene rings is 1. The molecule has 7 heteroatoms.